The van der Waals surface area contributed by atoms with Crippen molar-refractivity contribution in [2.45, 2.75) is 12.8 Å². The average molecular weight is 215 g/mol. The third kappa shape index (κ3) is 4.39. The van der Waals surface area contributed by atoms with Crippen LogP contribution in [0.15, 0.2) is 24.3 Å². The second-order valence-electron chi connectivity index (χ2n) is 2.99. The minimum absolute atomic E-state index is 0.0208. The average Bonchev–Trinajstić information content (AvgIpc) is 2.19. The minimum Gasteiger partial charge on any atom is -0.459 e. The van der Waals surface area contributed by atoms with Gasteiger partial charge in [-0.3, -0.25) is 4.79 Å². The van der Waals surface area contributed by atoms with E-state index < -0.39 is 19.0 Å². The van der Waals surface area contributed by atoms with Crippen LogP contribution in [-0.4, -0.2) is 19.0 Å². The molecule has 0 aliphatic carbocycles. The van der Waals surface area contributed by atoms with Crippen molar-refractivity contribution in [2.24, 2.45) is 0 Å². The van der Waals surface area contributed by atoms with Crippen molar-refractivity contribution in [1.29, 1.82) is 0 Å². The molecule has 15 heavy (non-hydrogen) atoms. The lowest BCUT2D eigenvalue weighted by Gasteiger charge is -2.04. The quantitative estimate of drug-likeness (QED) is 0.613. The maximum atomic E-state index is 11.7. The van der Waals surface area contributed by atoms with Gasteiger partial charge in [-0.2, -0.15) is 0 Å². The number of hydrogen-bond donors (Lipinski definition) is 1. The van der Waals surface area contributed by atoms with Gasteiger partial charge >= 0.3 is 5.97 Å². The van der Waals surface area contributed by atoms with Crippen molar-refractivity contribution < 1.29 is 18.3 Å². The molecule has 0 spiro atoms. The van der Waals surface area contributed by atoms with Crippen LogP contribution in [0.5, 0.6) is 0 Å². The van der Waals surface area contributed by atoms with E-state index in [2.05, 4.69) is 4.74 Å². The van der Waals surface area contributed by atoms with Crippen LogP contribution >= 0.6 is 0 Å². The summed E-state index contributed by atoms with van der Waals surface area (Å²) in [4.78, 5) is 11.0. The number of rotatable bonds is 4. The van der Waals surface area contributed by atoms with Crippen LogP contribution in [0.2, 0.25) is 0 Å². The Labute approximate surface area is 85.8 Å². The van der Waals surface area contributed by atoms with E-state index in [0.717, 1.165) is 0 Å². The number of esters is 1. The standard InChI is InChI=1S/C10H11F2NO2/c11-9(12)6-15-10(14)5-7-1-3-8(13)4-2-7/h1-4,9H,5-6,13H2. The molecule has 0 saturated carbocycles. The highest BCUT2D eigenvalue weighted by atomic mass is 19.3. The zero-order valence-electron chi connectivity index (χ0n) is 7.95. The fraction of sp³-hybridized carbons (Fsp3) is 0.300. The van der Waals surface area contributed by atoms with E-state index in [4.69, 9.17) is 5.73 Å². The molecule has 1 aromatic carbocycles. The summed E-state index contributed by atoms with van der Waals surface area (Å²) in [6.07, 6.45) is -2.65. The number of nitrogens with two attached hydrogens (primary N) is 1. The number of halogens is 2. The minimum atomic E-state index is -2.62. The molecule has 0 aliphatic rings. The predicted octanol–water partition coefficient (Wildman–Crippen LogP) is 1.62. The van der Waals surface area contributed by atoms with Gasteiger partial charge in [-0.05, 0) is 17.7 Å². The molecule has 1 rings (SSSR count). The Balaban J connectivity index is 2.41. The molecular formula is C10H11F2NO2. The number of ether oxygens (including phenoxy) is 1. The van der Waals surface area contributed by atoms with Gasteiger partial charge in [0.05, 0.1) is 6.42 Å². The summed E-state index contributed by atoms with van der Waals surface area (Å²) in [6, 6.07) is 6.57. The van der Waals surface area contributed by atoms with Crippen LogP contribution in [0, 0.1) is 0 Å². The fourth-order valence-corrected chi connectivity index (χ4v) is 1.01. The second kappa shape index (κ2) is 5.29. The van der Waals surface area contributed by atoms with Gasteiger partial charge in [0.1, 0.15) is 0 Å². The first-order valence-corrected chi connectivity index (χ1v) is 4.36. The van der Waals surface area contributed by atoms with Gasteiger partial charge in [0.2, 0.25) is 0 Å². The number of carbonyl (C=O) groups excluding carboxylic acids is 1. The van der Waals surface area contributed by atoms with Crippen LogP contribution in [-0.2, 0) is 16.0 Å². The van der Waals surface area contributed by atoms with Gasteiger partial charge in [0, 0.05) is 5.69 Å². The summed E-state index contributed by atoms with van der Waals surface area (Å²) in [5.74, 6) is -0.667. The molecule has 0 unspecified atom stereocenters. The number of anilines is 1. The molecule has 82 valence electrons. The molecule has 2 N–H and O–H groups in total. The van der Waals surface area contributed by atoms with Crippen molar-refractivity contribution in [1.82, 2.24) is 0 Å². The van der Waals surface area contributed by atoms with Crippen molar-refractivity contribution in [2.75, 3.05) is 12.3 Å². The molecule has 0 aliphatic heterocycles. The zero-order valence-corrected chi connectivity index (χ0v) is 7.95. The van der Waals surface area contributed by atoms with Crippen molar-refractivity contribution in [3.8, 4) is 0 Å². The molecule has 3 nitrogen and oxygen atoms in total. The van der Waals surface area contributed by atoms with Crippen LogP contribution in [0.25, 0.3) is 0 Å². The summed E-state index contributed by atoms with van der Waals surface area (Å²) in [6.45, 7) is -0.853. The lowest BCUT2D eigenvalue weighted by Crippen LogP contribution is -2.13. The summed E-state index contributed by atoms with van der Waals surface area (Å²) < 4.78 is 27.7. The summed E-state index contributed by atoms with van der Waals surface area (Å²) in [7, 11) is 0. The van der Waals surface area contributed by atoms with Gasteiger partial charge < -0.3 is 10.5 Å². The van der Waals surface area contributed by atoms with Gasteiger partial charge in [-0.25, -0.2) is 8.78 Å². The lowest BCUT2D eigenvalue weighted by atomic mass is 10.1. The van der Waals surface area contributed by atoms with Gasteiger partial charge in [0.25, 0.3) is 6.43 Å². The largest absolute Gasteiger partial charge is 0.459 e. The highest BCUT2D eigenvalue weighted by Crippen LogP contribution is 2.07. The van der Waals surface area contributed by atoms with E-state index in [-0.39, 0.29) is 6.42 Å². The highest BCUT2D eigenvalue weighted by molar-refractivity contribution is 5.72. The number of nitrogen functional groups attached to an aromatic ring is 1. The number of alkyl halides is 2. The summed E-state index contributed by atoms with van der Waals surface area (Å²) in [5, 5.41) is 0. The molecule has 0 heterocycles. The zero-order chi connectivity index (χ0) is 11.3. The highest BCUT2D eigenvalue weighted by Gasteiger charge is 2.08. The normalized spacial score (nSPS) is 10.3. The molecule has 0 fully saturated rings. The first-order valence-electron chi connectivity index (χ1n) is 4.36. The van der Waals surface area contributed by atoms with E-state index in [1.165, 1.54) is 0 Å². The van der Waals surface area contributed by atoms with Crippen molar-refractivity contribution in [3.05, 3.63) is 29.8 Å². The van der Waals surface area contributed by atoms with E-state index in [1.807, 2.05) is 0 Å². The Morgan fingerprint density at radius 1 is 1.33 bits per heavy atom. The Hall–Kier alpha value is -1.65. The monoisotopic (exact) mass is 215 g/mol. The fourth-order valence-electron chi connectivity index (χ4n) is 1.01. The van der Waals surface area contributed by atoms with E-state index in [0.29, 0.717) is 11.3 Å². The van der Waals surface area contributed by atoms with Crippen LogP contribution < -0.4 is 5.73 Å². The van der Waals surface area contributed by atoms with Gasteiger partial charge in [0.15, 0.2) is 6.61 Å². The first kappa shape index (κ1) is 11.4. The predicted molar refractivity (Wildman–Crippen MR) is 51.5 cm³/mol. The van der Waals surface area contributed by atoms with Crippen molar-refractivity contribution >= 4 is 11.7 Å². The number of hydrogen-bond acceptors (Lipinski definition) is 3. The Kier molecular flexibility index (Phi) is 4.03. The SMILES string of the molecule is Nc1ccc(CC(=O)OCC(F)F)cc1. The maximum absolute atomic E-state index is 11.7. The van der Waals surface area contributed by atoms with Gasteiger partial charge in [-0.1, -0.05) is 12.1 Å². The van der Waals surface area contributed by atoms with E-state index in [1.54, 1.807) is 24.3 Å². The molecule has 0 radical (unpaired) electrons. The molecule has 0 bridgehead atoms. The molecule has 0 amide bonds. The third-order valence-electron chi connectivity index (χ3n) is 1.70. The third-order valence-corrected chi connectivity index (χ3v) is 1.70. The molecule has 0 saturated heterocycles. The number of carbonyl (C=O) groups is 1. The Morgan fingerprint density at radius 3 is 2.47 bits per heavy atom. The van der Waals surface area contributed by atoms with Crippen LogP contribution in [0.3, 0.4) is 0 Å². The molecule has 5 heteroatoms. The Morgan fingerprint density at radius 2 is 1.93 bits per heavy atom. The van der Waals surface area contributed by atoms with Crippen molar-refractivity contribution in [3.63, 3.8) is 0 Å². The van der Waals surface area contributed by atoms with Crippen LogP contribution in [0.4, 0.5) is 14.5 Å². The van der Waals surface area contributed by atoms with Gasteiger partial charge in [-0.15, -0.1) is 0 Å². The first-order chi connectivity index (χ1) is 7.08. The molecule has 1 aromatic rings. The number of benzene rings is 1. The van der Waals surface area contributed by atoms with E-state index in [9.17, 15) is 13.6 Å². The van der Waals surface area contributed by atoms with E-state index >= 15 is 0 Å². The molecular weight excluding hydrogens is 204 g/mol. The smallest absolute Gasteiger partial charge is 0.310 e. The summed E-state index contributed by atoms with van der Waals surface area (Å²) in [5.41, 5.74) is 6.71. The second-order valence-corrected chi connectivity index (χ2v) is 2.99. The lowest BCUT2D eigenvalue weighted by molar-refractivity contribution is -0.146. The molecule has 0 atom stereocenters. The Bertz CT molecular complexity index is 325. The topological polar surface area (TPSA) is 52.3 Å². The van der Waals surface area contributed by atoms with Crippen LogP contribution in [0.1, 0.15) is 5.56 Å². The summed E-state index contributed by atoms with van der Waals surface area (Å²) >= 11 is 0. The maximum Gasteiger partial charge on any atom is 0.310 e. The molecule has 0 aromatic heterocycles.